The van der Waals surface area contributed by atoms with Crippen LogP contribution in [-0.2, 0) is 11.2 Å². The number of ether oxygens (including phenoxy) is 1. The maximum Gasteiger partial charge on any atom is 0.227 e. The van der Waals surface area contributed by atoms with E-state index < -0.39 is 0 Å². The fourth-order valence-electron chi connectivity index (χ4n) is 2.22. The molecule has 0 saturated carbocycles. The van der Waals surface area contributed by atoms with Gasteiger partial charge in [0.05, 0.1) is 13.5 Å². The number of carbonyl (C=O) groups excluding carboxylic acids is 1. The lowest BCUT2D eigenvalue weighted by molar-refractivity contribution is -0.131. The first-order valence-electron chi connectivity index (χ1n) is 6.24. The Morgan fingerprint density at radius 3 is 2.72 bits per heavy atom. The zero-order chi connectivity index (χ0) is 13.0. The molecule has 1 aromatic rings. The van der Waals surface area contributed by atoms with Crippen molar-refractivity contribution < 1.29 is 9.53 Å². The van der Waals surface area contributed by atoms with Crippen LogP contribution in [-0.4, -0.2) is 36.4 Å². The molecule has 2 rings (SSSR count). The monoisotopic (exact) mass is 267 g/mol. The van der Waals surface area contributed by atoms with Gasteiger partial charge in [0.2, 0.25) is 5.91 Å². The largest absolute Gasteiger partial charge is 0.496 e. The predicted octanol–water partition coefficient (Wildman–Crippen LogP) is 2.47. The van der Waals surface area contributed by atoms with Crippen LogP contribution >= 0.6 is 11.6 Å². The van der Waals surface area contributed by atoms with Gasteiger partial charge in [-0.3, -0.25) is 4.79 Å². The number of hydrogen-bond donors (Lipinski definition) is 0. The second-order valence-electron chi connectivity index (χ2n) is 4.54. The van der Waals surface area contributed by atoms with E-state index in [2.05, 4.69) is 0 Å². The van der Waals surface area contributed by atoms with Gasteiger partial charge >= 0.3 is 0 Å². The van der Waals surface area contributed by atoms with Gasteiger partial charge in [0, 0.05) is 24.0 Å². The van der Waals surface area contributed by atoms with Gasteiger partial charge in [0.15, 0.2) is 0 Å². The van der Waals surface area contributed by atoms with E-state index >= 15 is 0 Å². The van der Waals surface area contributed by atoms with Crippen molar-refractivity contribution in [2.24, 2.45) is 0 Å². The van der Waals surface area contributed by atoms with Crippen LogP contribution in [0, 0.1) is 0 Å². The minimum atomic E-state index is 0.156. The van der Waals surface area contributed by atoms with E-state index in [4.69, 9.17) is 16.3 Å². The Balaban J connectivity index is 1.98. The summed E-state index contributed by atoms with van der Waals surface area (Å²) in [7, 11) is 1.63. The molecule has 0 unspecified atom stereocenters. The molecule has 18 heavy (non-hydrogen) atoms. The van der Waals surface area contributed by atoms with Gasteiger partial charge in [0.25, 0.3) is 0 Å². The van der Waals surface area contributed by atoms with Gasteiger partial charge < -0.3 is 9.64 Å². The van der Waals surface area contributed by atoms with Crippen molar-refractivity contribution in [3.8, 4) is 5.75 Å². The maximum atomic E-state index is 12.2. The van der Waals surface area contributed by atoms with E-state index in [1.165, 1.54) is 0 Å². The molecule has 1 fully saturated rings. The molecule has 1 heterocycles. The average Bonchev–Trinajstić information content (AvgIpc) is 2.40. The van der Waals surface area contributed by atoms with Crippen LogP contribution in [0.5, 0.6) is 5.75 Å². The first-order chi connectivity index (χ1) is 8.70. The van der Waals surface area contributed by atoms with E-state index in [0.29, 0.717) is 6.42 Å². The summed E-state index contributed by atoms with van der Waals surface area (Å²) in [6.45, 7) is 1.53. The molecular weight excluding hydrogens is 250 g/mol. The van der Waals surface area contributed by atoms with Crippen molar-refractivity contribution in [2.75, 3.05) is 20.2 Å². The Bertz CT molecular complexity index is 414. The van der Waals surface area contributed by atoms with E-state index in [1.807, 2.05) is 29.2 Å². The molecule has 0 N–H and O–H groups in total. The van der Waals surface area contributed by atoms with Crippen LogP contribution in [0.25, 0.3) is 0 Å². The number of piperidine rings is 1. The molecule has 98 valence electrons. The summed E-state index contributed by atoms with van der Waals surface area (Å²) in [5, 5.41) is 0.223. The maximum absolute atomic E-state index is 12.2. The molecule has 0 aromatic heterocycles. The number of hydrogen-bond acceptors (Lipinski definition) is 2. The van der Waals surface area contributed by atoms with E-state index in [0.717, 1.165) is 37.2 Å². The third-order valence-electron chi connectivity index (χ3n) is 3.31. The van der Waals surface area contributed by atoms with Crippen molar-refractivity contribution in [1.82, 2.24) is 4.90 Å². The van der Waals surface area contributed by atoms with E-state index in [1.54, 1.807) is 7.11 Å². The van der Waals surface area contributed by atoms with Crippen LogP contribution in [0.2, 0.25) is 0 Å². The molecule has 0 bridgehead atoms. The molecule has 3 nitrogen and oxygen atoms in total. The summed E-state index contributed by atoms with van der Waals surface area (Å²) in [5.74, 6) is 0.932. The summed E-state index contributed by atoms with van der Waals surface area (Å²) >= 11 is 6.04. The second-order valence-corrected chi connectivity index (χ2v) is 5.16. The summed E-state index contributed by atoms with van der Waals surface area (Å²) < 4.78 is 5.26. The molecule has 0 atom stereocenters. The Morgan fingerprint density at radius 2 is 2.06 bits per heavy atom. The van der Waals surface area contributed by atoms with Crippen molar-refractivity contribution in [3.05, 3.63) is 29.8 Å². The Hall–Kier alpha value is -1.22. The second kappa shape index (κ2) is 6.10. The first-order valence-corrected chi connectivity index (χ1v) is 6.68. The molecule has 1 saturated heterocycles. The highest BCUT2D eigenvalue weighted by atomic mass is 35.5. The highest BCUT2D eigenvalue weighted by molar-refractivity contribution is 6.20. The number of methoxy groups -OCH3 is 1. The smallest absolute Gasteiger partial charge is 0.227 e. The van der Waals surface area contributed by atoms with Crippen LogP contribution < -0.4 is 4.74 Å². The molecule has 4 heteroatoms. The number of para-hydroxylation sites is 1. The Labute approximate surface area is 113 Å². The topological polar surface area (TPSA) is 29.5 Å². The summed E-state index contributed by atoms with van der Waals surface area (Å²) in [5.41, 5.74) is 0.943. The summed E-state index contributed by atoms with van der Waals surface area (Å²) in [4.78, 5) is 14.1. The number of halogens is 1. The SMILES string of the molecule is COc1ccccc1CC(=O)N1CCC(Cl)CC1. The van der Waals surface area contributed by atoms with Gasteiger partial charge in [-0.05, 0) is 18.9 Å². The standard InChI is InChI=1S/C14H18ClNO2/c1-18-13-5-3-2-4-11(13)10-14(17)16-8-6-12(15)7-9-16/h2-5,12H,6-10H2,1H3. The number of nitrogens with zero attached hydrogens (tertiary/aromatic N) is 1. The number of carbonyl (C=O) groups is 1. The molecule has 0 spiro atoms. The predicted molar refractivity (Wildman–Crippen MR) is 72.2 cm³/mol. The number of benzene rings is 1. The lowest BCUT2D eigenvalue weighted by Crippen LogP contribution is -2.39. The first kappa shape index (κ1) is 13.2. The van der Waals surface area contributed by atoms with Crippen molar-refractivity contribution in [2.45, 2.75) is 24.6 Å². The Kier molecular flexibility index (Phi) is 4.48. The zero-order valence-electron chi connectivity index (χ0n) is 10.6. The fourth-order valence-corrected chi connectivity index (χ4v) is 2.42. The molecule has 1 aliphatic heterocycles. The number of alkyl halides is 1. The van der Waals surface area contributed by atoms with E-state index in [9.17, 15) is 4.79 Å². The van der Waals surface area contributed by atoms with Crippen molar-refractivity contribution >= 4 is 17.5 Å². The lowest BCUT2D eigenvalue weighted by Gasteiger charge is -2.29. The normalized spacial score (nSPS) is 16.7. The van der Waals surface area contributed by atoms with Crippen molar-refractivity contribution in [1.29, 1.82) is 0 Å². The highest BCUT2D eigenvalue weighted by Crippen LogP contribution is 2.20. The third-order valence-corrected chi connectivity index (χ3v) is 3.75. The third kappa shape index (κ3) is 3.16. The van der Waals surface area contributed by atoms with Gasteiger partial charge in [-0.2, -0.15) is 0 Å². The van der Waals surface area contributed by atoms with Crippen LogP contribution in [0.1, 0.15) is 18.4 Å². The molecule has 0 aliphatic carbocycles. The lowest BCUT2D eigenvalue weighted by atomic mass is 10.1. The quantitative estimate of drug-likeness (QED) is 0.788. The zero-order valence-corrected chi connectivity index (χ0v) is 11.3. The molecule has 0 radical (unpaired) electrons. The summed E-state index contributed by atoms with van der Waals surface area (Å²) in [6, 6.07) is 7.65. The fraction of sp³-hybridized carbons (Fsp3) is 0.500. The number of amides is 1. The molecule has 1 aromatic carbocycles. The van der Waals surface area contributed by atoms with Gasteiger partial charge in [0.1, 0.15) is 5.75 Å². The van der Waals surface area contributed by atoms with E-state index in [-0.39, 0.29) is 11.3 Å². The molecular formula is C14H18ClNO2. The Morgan fingerprint density at radius 1 is 1.39 bits per heavy atom. The number of rotatable bonds is 3. The van der Waals surface area contributed by atoms with Gasteiger partial charge in [-0.15, -0.1) is 11.6 Å². The molecule has 1 aliphatic rings. The van der Waals surface area contributed by atoms with Crippen LogP contribution in [0.15, 0.2) is 24.3 Å². The van der Waals surface area contributed by atoms with Crippen LogP contribution in [0.3, 0.4) is 0 Å². The number of likely N-dealkylation sites (tertiary alicyclic amines) is 1. The van der Waals surface area contributed by atoms with Crippen molar-refractivity contribution in [3.63, 3.8) is 0 Å². The van der Waals surface area contributed by atoms with Gasteiger partial charge in [-0.1, -0.05) is 18.2 Å². The minimum Gasteiger partial charge on any atom is -0.496 e. The average molecular weight is 268 g/mol. The molecule has 1 amide bonds. The van der Waals surface area contributed by atoms with Crippen LogP contribution in [0.4, 0.5) is 0 Å². The summed E-state index contributed by atoms with van der Waals surface area (Å²) in [6.07, 6.45) is 2.18. The minimum absolute atomic E-state index is 0.156. The van der Waals surface area contributed by atoms with Gasteiger partial charge in [-0.25, -0.2) is 0 Å². The highest BCUT2D eigenvalue weighted by Gasteiger charge is 2.21.